The van der Waals surface area contributed by atoms with Crippen molar-refractivity contribution in [2.24, 2.45) is 0 Å². The zero-order chi connectivity index (χ0) is 12.6. The van der Waals surface area contributed by atoms with Crippen molar-refractivity contribution in [3.63, 3.8) is 0 Å². The molecular weight excluding hydrogens is 204 g/mol. The summed E-state index contributed by atoms with van der Waals surface area (Å²) in [6.07, 6.45) is 9.96. The molecule has 0 radical (unpaired) electrons. The smallest absolute Gasteiger partial charge is 0.303 e. The lowest BCUT2D eigenvalue weighted by Crippen LogP contribution is -1.90. The van der Waals surface area contributed by atoms with Crippen molar-refractivity contribution in [2.45, 2.75) is 71.6 Å². The summed E-state index contributed by atoms with van der Waals surface area (Å²) in [4.78, 5) is 9.60. The van der Waals surface area contributed by atoms with Crippen LogP contribution in [-0.4, -0.2) is 22.8 Å². The van der Waals surface area contributed by atoms with E-state index >= 15 is 0 Å². The van der Waals surface area contributed by atoms with Gasteiger partial charge in [0, 0.05) is 13.0 Å². The molecule has 0 atom stereocenters. The van der Waals surface area contributed by atoms with E-state index in [4.69, 9.17) is 10.2 Å². The van der Waals surface area contributed by atoms with Crippen LogP contribution < -0.4 is 0 Å². The first-order chi connectivity index (χ1) is 7.68. The van der Waals surface area contributed by atoms with Gasteiger partial charge in [-0.25, -0.2) is 0 Å². The lowest BCUT2D eigenvalue weighted by atomic mass is 10.1. The third kappa shape index (κ3) is 23.3. The van der Waals surface area contributed by atoms with Gasteiger partial charge in [0.05, 0.1) is 0 Å². The minimum atomic E-state index is -0.711. The van der Waals surface area contributed by atoms with E-state index in [9.17, 15) is 4.79 Å². The molecule has 0 fully saturated rings. The zero-order valence-electron chi connectivity index (χ0n) is 10.9. The second-order valence-electron chi connectivity index (χ2n) is 3.99. The summed E-state index contributed by atoms with van der Waals surface area (Å²) < 4.78 is 0. The minimum absolute atomic E-state index is 0.292. The summed E-state index contributed by atoms with van der Waals surface area (Å²) in [5.41, 5.74) is 0. The molecule has 16 heavy (non-hydrogen) atoms. The van der Waals surface area contributed by atoms with E-state index in [-0.39, 0.29) is 0 Å². The van der Waals surface area contributed by atoms with Crippen LogP contribution in [0.4, 0.5) is 0 Å². The van der Waals surface area contributed by atoms with Crippen LogP contribution in [0.1, 0.15) is 71.6 Å². The number of aliphatic hydroxyl groups is 1. The Morgan fingerprint density at radius 1 is 0.875 bits per heavy atom. The highest BCUT2D eigenvalue weighted by Crippen LogP contribution is 2.05. The second-order valence-corrected chi connectivity index (χ2v) is 3.99. The van der Waals surface area contributed by atoms with Crippen LogP contribution >= 0.6 is 0 Å². The Kier molecular flexibility index (Phi) is 18.8. The van der Waals surface area contributed by atoms with E-state index in [2.05, 4.69) is 6.92 Å². The molecule has 0 spiro atoms. The largest absolute Gasteiger partial charge is 0.481 e. The van der Waals surface area contributed by atoms with Gasteiger partial charge in [-0.1, -0.05) is 52.4 Å². The fourth-order valence-electron chi connectivity index (χ4n) is 1.28. The number of hydrogen-bond acceptors (Lipinski definition) is 2. The van der Waals surface area contributed by atoms with Gasteiger partial charge in [-0.15, -0.1) is 0 Å². The molecule has 0 saturated heterocycles. The van der Waals surface area contributed by atoms with Gasteiger partial charge in [0.2, 0.25) is 0 Å². The number of aliphatic carboxylic acids is 1. The molecule has 0 aromatic rings. The van der Waals surface area contributed by atoms with Crippen molar-refractivity contribution in [3.8, 4) is 0 Å². The van der Waals surface area contributed by atoms with Crippen molar-refractivity contribution < 1.29 is 15.0 Å². The Morgan fingerprint density at radius 3 is 1.69 bits per heavy atom. The molecule has 2 N–H and O–H groups in total. The van der Waals surface area contributed by atoms with Gasteiger partial charge in [-0.05, 0) is 12.8 Å². The molecule has 0 saturated carbocycles. The fourth-order valence-corrected chi connectivity index (χ4v) is 1.28. The van der Waals surface area contributed by atoms with Gasteiger partial charge in [0.25, 0.3) is 0 Å². The molecule has 3 nitrogen and oxygen atoms in total. The summed E-state index contributed by atoms with van der Waals surface area (Å²) in [5, 5.41) is 16.4. The van der Waals surface area contributed by atoms with Gasteiger partial charge in [0.1, 0.15) is 0 Å². The zero-order valence-corrected chi connectivity index (χ0v) is 10.9. The molecule has 0 aliphatic heterocycles. The molecular formula is C13H28O3. The number of hydrogen-bond donors (Lipinski definition) is 2. The average molecular weight is 232 g/mol. The van der Waals surface area contributed by atoms with E-state index in [1.54, 1.807) is 0 Å². The maximum Gasteiger partial charge on any atom is 0.303 e. The summed E-state index contributed by atoms with van der Waals surface area (Å²) in [7, 11) is 0. The summed E-state index contributed by atoms with van der Waals surface area (Å²) in [6, 6.07) is 0. The molecule has 0 aliphatic rings. The summed E-state index contributed by atoms with van der Waals surface area (Å²) >= 11 is 0. The molecule has 0 aromatic heterocycles. The first-order valence-corrected chi connectivity index (χ1v) is 6.51. The van der Waals surface area contributed by atoms with Crippen LogP contribution in [0.2, 0.25) is 0 Å². The van der Waals surface area contributed by atoms with Crippen LogP contribution in [0, 0.1) is 0 Å². The number of carboxylic acids is 1. The third-order valence-corrected chi connectivity index (χ3v) is 2.23. The first-order valence-electron chi connectivity index (χ1n) is 6.51. The SMILES string of the molecule is CCCC(=O)O.CCCCCCCCCO. The minimum Gasteiger partial charge on any atom is -0.481 e. The summed E-state index contributed by atoms with van der Waals surface area (Å²) in [6.45, 7) is 4.44. The normalized spacial score (nSPS) is 9.44. The maximum absolute atomic E-state index is 9.60. The highest BCUT2D eigenvalue weighted by atomic mass is 16.4. The molecule has 0 rings (SSSR count). The topological polar surface area (TPSA) is 57.5 Å². The van der Waals surface area contributed by atoms with Crippen molar-refractivity contribution in [1.29, 1.82) is 0 Å². The van der Waals surface area contributed by atoms with E-state index in [0.717, 1.165) is 12.8 Å². The number of aliphatic hydroxyl groups excluding tert-OH is 1. The van der Waals surface area contributed by atoms with Gasteiger partial charge >= 0.3 is 5.97 Å². The van der Waals surface area contributed by atoms with E-state index in [1.807, 2.05) is 6.92 Å². The molecule has 0 aliphatic carbocycles. The van der Waals surface area contributed by atoms with Gasteiger partial charge in [-0.3, -0.25) is 4.79 Å². The van der Waals surface area contributed by atoms with Gasteiger partial charge in [-0.2, -0.15) is 0 Å². The van der Waals surface area contributed by atoms with Crippen LogP contribution in [0.5, 0.6) is 0 Å². The van der Waals surface area contributed by atoms with E-state index in [0.29, 0.717) is 13.0 Å². The Morgan fingerprint density at radius 2 is 1.38 bits per heavy atom. The average Bonchev–Trinajstić information content (AvgIpc) is 2.24. The fraction of sp³-hybridized carbons (Fsp3) is 0.923. The quantitative estimate of drug-likeness (QED) is 0.597. The Hall–Kier alpha value is -0.570. The molecule has 0 aromatic carbocycles. The van der Waals surface area contributed by atoms with Gasteiger partial charge in [0.15, 0.2) is 0 Å². The molecule has 0 heterocycles. The molecule has 0 bridgehead atoms. The van der Waals surface area contributed by atoms with Crippen molar-refractivity contribution >= 4 is 5.97 Å². The van der Waals surface area contributed by atoms with Crippen LogP contribution in [0.15, 0.2) is 0 Å². The van der Waals surface area contributed by atoms with Gasteiger partial charge < -0.3 is 10.2 Å². The predicted octanol–water partition coefficient (Wildman–Crippen LogP) is 3.60. The lowest BCUT2D eigenvalue weighted by Gasteiger charge is -1.97. The Labute approximate surface area is 99.9 Å². The Bertz CT molecular complexity index is 127. The third-order valence-electron chi connectivity index (χ3n) is 2.23. The molecule has 3 heteroatoms. The number of carboxylic acid groups (broad SMARTS) is 1. The first kappa shape index (κ1) is 17.8. The van der Waals surface area contributed by atoms with Crippen LogP contribution in [0.3, 0.4) is 0 Å². The number of carbonyl (C=O) groups is 1. The number of rotatable bonds is 9. The van der Waals surface area contributed by atoms with Crippen molar-refractivity contribution in [3.05, 3.63) is 0 Å². The monoisotopic (exact) mass is 232 g/mol. The van der Waals surface area contributed by atoms with Crippen molar-refractivity contribution in [2.75, 3.05) is 6.61 Å². The lowest BCUT2D eigenvalue weighted by molar-refractivity contribution is -0.137. The van der Waals surface area contributed by atoms with Crippen LogP contribution in [-0.2, 0) is 4.79 Å². The highest BCUT2D eigenvalue weighted by molar-refractivity contribution is 5.66. The number of unbranched alkanes of at least 4 members (excludes halogenated alkanes) is 6. The highest BCUT2D eigenvalue weighted by Gasteiger charge is 1.88. The van der Waals surface area contributed by atoms with Crippen molar-refractivity contribution in [1.82, 2.24) is 0 Å². The molecule has 0 unspecified atom stereocenters. The molecule has 0 amide bonds. The predicted molar refractivity (Wildman–Crippen MR) is 67.6 cm³/mol. The van der Waals surface area contributed by atoms with Crippen LogP contribution in [0.25, 0.3) is 0 Å². The second kappa shape index (κ2) is 16.8. The van der Waals surface area contributed by atoms with E-state index in [1.165, 1.54) is 38.5 Å². The maximum atomic E-state index is 9.60. The summed E-state index contributed by atoms with van der Waals surface area (Å²) in [5.74, 6) is -0.711. The van der Waals surface area contributed by atoms with E-state index < -0.39 is 5.97 Å². The standard InChI is InChI=1S/C9H20O.C4H8O2/c1-2-3-4-5-6-7-8-9-10;1-2-3-4(5)6/h10H,2-9H2,1H3;2-3H2,1H3,(H,5,6). The Balaban J connectivity index is 0. The molecule has 98 valence electrons.